The van der Waals surface area contributed by atoms with E-state index in [-0.39, 0.29) is 0 Å². The minimum Gasteiger partial charge on any atom is -0.497 e. The summed E-state index contributed by atoms with van der Waals surface area (Å²) in [5, 5.41) is 6.46. The number of rotatable bonds is 7. The average Bonchev–Trinajstić information content (AvgIpc) is 2.52. The maximum absolute atomic E-state index is 5.38. The molecule has 1 heterocycles. The second-order valence-corrected chi connectivity index (χ2v) is 4.84. The highest BCUT2D eigenvalue weighted by molar-refractivity contribution is 5.66. The Balaban J connectivity index is 2.24. The molecular weight excluding hydrogens is 280 g/mol. The lowest BCUT2D eigenvalue weighted by Gasteiger charge is -2.13. The Morgan fingerprint density at radius 2 is 1.91 bits per heavy atom. The van der Waals surface area contributed by atoms with E-state index in [2.05, 4.69) is 27.5 Å². The number of ether oxygens (including phenoxy) is 2. The van der Waals surface area contributed by atoms with E-state index in [0.717, 1.165) is 35.9 Å². The van der Waals surface area contributed by atoms with Gasteiger partial charge in [-0.2, -0.15) is 4.98 Å². The Bertz CT molecular complexity index is 632. The first-order valence-electron chi connectivity index (χ1n) is 7.25. The van der Waals surface area contributed by atoms with Gasteiger partial charge >= 0.3 is 0 Å². The summed E-state index contributed by atoms with van der Waals surface area (Å²) < 4.78 is 10.6. The molecule has 0 aliphatic heterocycles. The molecule has 2 rings (SSSR count). The van der Waals surface area contributed by atoms with Gasteiger partial charge in [0.05, 0.1) is 19.9 Å². The fourth-order valence-electron chi connectivity index (χ4n) is 1.99. The SMILES string of the molecule is CCCNc1nc(C)cc(Nc2ccc(OC)cc2OC)n1. The summed E-state index contributed by atoms with van der Waals surface area (Å²) in [4.78, 5) is 8.83. The zero-order valence-corrected chi connectivity index (χ0v) is 13.4. The second kappa shape index (κ2) is 7.49. The minimum atomic E-state index is 0.622. The molecule has 6 nitrogen and oxygen atoms in total. The first-order valence-corrected chi connectivity index (χ1v) is 7.25. The Kier molecular flexibility index (Phi) is 5.41. The fraction of sp³-hybridized carbons (Fsp3) is 0.375. The van der Waals surface area contributed by atoms with Gasteiger partial charge in [0.15, 0.2) is 0 Å². The lowest BCUT2D eigenvalue weighted by Crippen LogP contribution is -2.07. The van der Waals surface area contributed by atoms with Crippen LogP contribution < -0.4 is 20.1 Å². The number of hydrogen-bond donors (Lipinski definition) is 2. The van der Waals surface area contributed by atoms with Crippen LogP contribution in [0.25, 0.3) is 0 Å². The molecule has 6 heteroatoms. The van der Waals surface area contributed by atoms with Gasteiger partial charge in [-0.1, -0.05) is 6.92 Å². The van der Waals surface area contributed by atoms with E-state index in [1.165, 1.54) is 0 Å². The van der Waals surface area contributed by atoms with Crippen molar-refractivity contribution in [3.05, 3.63) is 30.0 Å². The summed E-state index contributed by atoms with van der Waals surface area (Å²) >= 11 is 0. The van der Waals surface area contributed by atoms with E-state index >= 15 is 0 Å². The molecular formula is C16H22N4O2. The highest BCUT2D eigenvalue weighted by atomic mass is 16.5. The molecule has 1 aromatic carbocycles. The van der Waals surface area contributed by atoms with Crippen molar-refractivity contribution in [2.45, 2.75) is 20.3 Å². The molecule has 118 valence electrons. The largest absolute Gasteiger partial charge is 0.497 e. The number of nitrogens with zero attached hydrogens (tertiary/aromatic N) is 2. The topological polar surface area (TPSA) is 68.3 Å². The van der Waals surface area contributed by atoms with Crippen LogP contribution in [0.15, 0.2) is 24.3 Å². The molecule has 0 saturated carbocycles. The highest BCUT2D eigenvalue weighted by Crippen LogP contribution is 2.31. The average molecular weight is 302 g/mol. The zero-order valence-electron chi connectivity index (χ0n) is 13.4. The maximum atomic E-state index is 5.38. The van der Waals surface area contributed by atoms with Crippen molar-refractivity contribution >= 4 is 17.5 Å². The van der Waals surface area contributed by atoms with Crippen LogP contribution in [0.2, 0.25) is 0 Å². The van der Waals surface area contributed by atoms with Crippen molar-refractivity contribution in [3.8, 4) is 11.5 Å². The van der Waals surface area contributed by atoms with Crippen LogP contribution in [0, 0.1) is 6.92 Å². The third-order valence-corrected chi connectivity index (χ3v) is 3.06. The number of aryl methyl sites for hydroxylation is 1. The molecule has 0 bridgehead atoms. The Morgan fingerprint density at radius 3 is 2.59 bits per heavy atom. The van der Waals surface area contributed by atoms with Crippen LogP contribution >= 0.6 is 0 Å². The maximum Gasteiger partial charge on any atom is 0.224 e. The summed E-state index contributed by atoms with van der Waals surface area (Å²) in [7, 11) is 3.25. The van der Waals surface area contributed by atoms with Crippen molar-refractivity contribution < 1.29 is 9.47 Å². The third-order valence-electron chi connectivity index (χ3n) is 3.06. The van der Waals surface area contributed by atoms with Gasteiger partial charge in [-0.05, 0) is 25.5 Å². The van der Waals surface area contributed by atoms with Crippen LogP contribution in [-0.4, -0.2) is 30.7 Å². The van der Waals surface area contributed by atoms with Gasteiger partial charge in [-0.25, -0.2) is 4.98 Å². The van der Waals surface area contributed by atoms with E-state index in [1.54, 1.807) is 14.2 Å². The van der Waals surface area contributed by atoms with Gasteiger partial charge in [0.25, 0.3) is 0 Å². The molecule has 1 aromatic heterocycles. The molecule has 0 spiro atoms. The van der Waals surface area contributed by atoms with Gasteiger partial charge in [-0.3, -0.25) is 0 Å². The lowest BCUT2D eigenvalue weighted by molar-refractivity contribution is 0.395. The van der Waals surface area contributed by atoms with Crippen molar-refractivity contribution in [2.75, 3.05) is 31.4 Å². The number of hydrogen-bond acceptors (Lipinski definition) is 6. The van der Waals surface area contributed by atoms with Gasteiger partial charge in [0.1, 0.15) is 17.3 Å². The molecule has 2 aromatic rings. The fourth-order valence-corrected chi connectivity index (χ4v) is 1.99. The predicted molar refractivity (Wildman–Crippen MR) is 88.4 cm³/mol. The minimum absolute atomic E-state index is 0.622. The molecule has 0 aliphatic rings. The number of benzene rings is 1. The van der Waals surface area contributed by atoms with Crippen LogP contribution in [0.4, 0.5) is 17.5 Å². The molecule has 0 unspecified atom stereocenters. The zero-order chi connectivity index (χ0) is 15.9. The first kappa shape index (κ1) is 15.9. The molecule has 0 saturated heterocycles. The second-order valence-electron chi connectivity index (χ2n) is 4.84. The summed E-state index contributed by atoms with van der Waals surface area (Å²) in [5.74, 6) is 2.77. The van der Waals surface area contributed by atoms with Crippen molar-refractivity contribution in [1.29, 1.82) is 0 Å². The molecule has 0 aliphatic carbocycles. The van der Waals surface area contributed by atoms with Crippen LogP contribution in [0.3, 0.4) is 0 Å². The molecule has 0 radical (unpaired) electrons. The van der Waals surface area contributed by atoms with Crippen molar-refractivity contribution in [3.63, 3.8) is 0 Å². The normalized spacial score (nSPS) is 10.2. The quantitative estimate of drug-likeness (QED) is 0.817. The molecule has 22 heavy (non-hydrogen) atoms. The smallest absolute Gasteiger partial charge is 0.224 e. The first-order chi connectivity index (χ1) is 10.7. The van der Waals surface area contributed by atoms with Gasteiger partial charge in [0.2, 0.25) is 5.95 Å². The molecule has 0 atom stereocenters. The number of methoxy groups -OCH3 is 2. The number of nitrogens with one attached hydrogen (secondary N) is 2. The van der Waals surface area contributed by atoms with Crippen LogP contribution in [0.5, 0.6) is 11.5 Å². The molecule has 0 amide bonds. The summed E-state index contributed by atoms with van der Waals surface area (Å²) in [6.07, 6.45) is 1.02. The third kappa shape index (κ3) is 4.00. The summed E-state index contributed by atoms with van der Waals surface area (Å²) in [6, 6.07) is 7.48. The Labute approximate surface area is 130 Å². The van der Waals surface area contributed by atoms with Gasteiger partial charge < -0.3 is 20.1 Å². The van der Waals surface area contributed by atoms with E-state index in [4.69, 9.17) is 9.47 Å². The Morgan fingerprint density at radius 1 is 1.09 bits per heavy atom. The van der Waals surface area contributed by atoms with E-state index in [9.17, 15) is 0 Å². The standard InChI is InChI=1S/C16H22N4O2/c1-5-8-17-16-18-11(2)9-15(20-16)19-13-7-6-12(21-3)10-14(13)22-4/h6-7,9-10H,5,8H2,1-4H3,(H2,17,18,19,20). The van der Waals surface area contributed by atoms with Crippen LogP contribution in [-0.2, 0) is 0 Å². The van der Waals surface area contributed by atoms with E-state index in [1.807, 2.05) is 31.2 Å². The molecule has 0 fully saturated rings. The van der Waals surface area contributed by atoms with Crippen molar-refractivity contribution in [2.24, 2.45) is 0 Å². The predicted octanol–water partition coefficient (Wildman–Crippen LogP) is 3.37. The van der Waals surface area contributed by atoms with Crippen molar-refractivity contribution in [1.82, 2.24) is 9.97 Å². The Hall–Kier alpha value is -2.50. The van der Waals surface area contributed by atoms with Gasteiger partial charge in [-0.15, -0.1) is 0 Å². The van der Waals surface area contributed by atoms with Gasteiger partial charge in [0, 0.05) is 24.4 Å². The van der Waals surface area contributed by atoms with E-state index < -0.39 is 0 Å². The number of anilines is 3. The highest BCUT2D eigenvalue weighted by Gasteiger charge is 2.08. The number of aromatic nitrogens is 2. The van der Waals surface area contributed by atoms with E-state index in [0.29, 0.717) is 11.7 Å². The monoisotopic (exact) mass is 302 g/mol. The molecule has 2 N–H and O–H groups in total. The summed E-state index contributed by atoms with van der Waals surface area (Å²) in [5.41, 5.74) is 1.71. The van der Waals surface area contributed by atoms with Crippen LogP contribution in [0.1, 0.15) is 19.0 Å². The summed E-state index contributed by atoms with van der Waals surface area (Å²) in [6.45, 7) is 4.88. The lowest BCUT2D eigenvalue weighted by atomic mass is 10.2.